The molecule has 0 radical (unpaired) electrons. The monoisotopic (exact) mass is 299 g/mol. The van der Waals surface area contributed by atoms with Crippen molar-refractivity contribution < 1.29 is 19.1 Å². The number of nitrogens with zero attached hydrogens (tertiary/aromatic N) is 1. The second-order valence-corrected chi connectivity index (χ2v) is 5.39. The first kappa shape index (κ1) is 14.8. The molecule has 0 heterocycles. The van der Waals surface area contributed by atoms with Gasteiger partial charge in [-0.3, -0.25) is 4.79 Å². The van der Waals surface area contributed by atoms with Gasteiger partial charge >= 0.3 is 5.97 Å². The molecule has 1 atom stereocenters. The van der Waals surface area contributed by atoms with Crippen molar-refractivity contribution in [3.8, 4) is 0 Å². The molecule has 1 N–H and O–H groups in total. The van der Waals surface area contributed by atoms with Crippen LogP contribution in [0.4, 0.5) is 4.39 Å². The summed E-state index contributed by atoms with van der Waals surface area (Å²) in [6.45, 7) is 3.06. The highest BCUT2D eigenvalue weighted by Crippen LogP contribution is 2.32. The molecule has 1 aromatic carbocycles. The van der Waals surface area contributed by atoms with Gasteiger partial charge in [0.1, 0.15) is 6.04 Å². The fourth-order valence-electron chi connectivity index (χ4n) is 2.08. The minimum Gasteiger partial charge on any atom is -0.480 e. The van der Waals surface area contributed by atoms with Crippen molar-refractivity contribution in [2.24, 2.45) is 0 Å². The van der Waals surface area contributed by atoms with E-state index in [1.807, 2.05) is 0 Å². The summed E-state index contributed by atoms with van der Waals surface area (Å²) >= 11 is 5.81. The Morgan fingerprint density at radius 2 is 2.05 bits per heavy atom. The number of hydrogen-bond donors (Lipinski definition) is 1. The van der Waals surface area contributed by atoms with Crippen molar-refractivity contribution in [1.82, 2.24) is 4.90 Å². The molecule has 0 saturated heterocycles. The van der Waals surface area contributed by atoms with E-state index in [4.69, 9.17) is 16.7 Å². The maximum absolute atomic E-state index is 14.1. The molecule has 20 heavy (non-hydrogen) atoms. The van der Waals surface area contributed by atoms with Gasteiger partial charge in [0.05, 0.1) is 10.6 Å². The van der Waals surface area contributed by atoms with Crippen LogP contribution in [-0.4, -0.2) is 34.0 Å². The molecule has 1 saturated carbocycles. The highest BCUT2D eigenvalue weighted by Gasteiger charge is 2.39. The molecule has 4 nitrogen and oxygen atoms in total. The summed E-state index contributed by atoms with van der Waals surface area (Å²) < 4.78 is 14.1. The van der Waals surface area contributed by atoms with E-state index in [1.54, 1.807) is 13.0 Å². The molecule has 1 aliphatic rings. The minimum absolute atomic E-state index is 0.102. The number of halogens is 2. The number of rotatable bonds is 4. The second-order valence-electron chi connectivity index (χ2n) is 5.02. The predicted octanol–water partition coefficient (Wildman–Crippen LogP) is 2.87. The summed E-state index contributed by atoms with van der Waals surface area (Å²) in [7, 11) is 0. The van der Waals surface area contributed by atoms with Gasteiger partial charge in [0.2, 0.25) is 0 Å². The molecule has 1 unspecified atom stereocenters. The molecule has 6 heteroatoms. The molecule has 0 bridgehead atoms. The third-order valence-corrected chi connectivity index (χ3v) is 3.92. The average Bonchev–Trinajstić information content (AvgIpc) is 3.20. The van der Waals surface area contributed by atoms with Crippen molar-refractivity contribution in [2.45, 2.75) is 38.8 Å². The van der Waals surface area contributed by atoms with E-state index in [0.717, 1.165) is 12.8 Å². The van der Waals surface area contributed by atoms with Crippen molar-refractivity contribution in [3.05, 3.63) is 34.1 Å². The third kappa shape index (κ3) is 2.63. The molecule has 2 rings (SSSR count). The van der Waals surface area contributed by atoms with Crippen LogP contribution >= 0.6 is 11.6 Å². The van der Waals surface area contributed by atoms with Gasteiger partial charge in [-0.1, -0.05) is 17.7 Å². The largest absolute Gasteiger partial charge is 0.480 e. The number of carboxylic acid groups (broad SMARTS) is 1. The number of aryl methyl sites for hydroxylation is 1. The summed E-state index contributed by atoms with van der Waals surface area (Å²) in [6, 6.07) is 1.78. The summed E-state index contributed by atoms with van der Waals surface area (Å²) in [5.41, 5.74) is 0.352. The van der Waals surface area contributed by atoms with Crippen molar-refractivity contribution in [2.75, 3.05) is 0 Å². The van der Waals surface area contributed by atoms with Gasteiger partial charge in [0.25, 0.3) is 5.91 Å². The summed E-state index contributed by atoms with van der Waals surface area (Å²) in [5.74, 6) is -2.52. The van der Waals surface area contributed by atoms with E-state index in [1.165, 1.54) is 17.9 Å². The van der Waals surface area contributed by atoms with Gasteiger partial charge in [-0.25, -0.2) is 9.18 Å². The Hall–Kier alpha value is -1.62. The number of aliphatic carboxylic acids is 1. The van der Waals surface area contributed by atoms with Gasteiger partial charge < -0.3 is 10.0 Å². The first-order valence-corrected chi connectivity index (χ1v) is 6.72. The maximum Gasteiger partial charge on any atom is 0.326 e. The van der Waals surface area contributed by atoms with Crippen molar-refractivity contribution in [3.63, 3.8) is 0 Å². The molecule has 0 spiro atoms. The number of benzene rings is 1. The Bertz CT molecular complexity index is 572. The molecule has 0 aliphatic heterocycles. The molecule has 1 amide bonds. The zero-order chi connectivity index (χ0) is 15.0. The van der Waals surface area contributed by atoms with Crippen LogP contribution in [-0.2, 0) is 4.79 Å². The molecule has 1 aromatic rings. The number of hydrogen-bond acceptors (Lipinski definition) is 2. The topological polar surface area (TPSA) is 57.6 Å². The highest BCUT2D eigenvalue weighted by atomic mass is 35.5. The fourth-order valence-corrected chi connectivity index (χ4v) is 2.24. The van der Waals surface area contributed by atoms with E-state index < -0.39 is 23.7 Å². The zero-order valence-corrected chi connectivity index (χ0v) is 11.9. The number of carbonyl (C=O) groups is 2. The van der Waals surface area contributed by atoms with Crippen LogP contribution < -0.4 is 0 Å². The van der Waals surface area contributed by atoms with Gasteiger partial charge in [-0.05, 0) is 38.3 Å². The Morgan fingerprint density at radius 1 is 1.45 bits per heavy atom. The predicted molar refractivity (Wildman–Crippen MR) is 72.4 cm³/mol. The number of amides is 1. The number of carboxylic acids is 1. The first-order chi connectivity index (χ1) is 9.34. The van der Waals surface area contributed by atoms with Crippen LogP contribution in [0.5, 0.6) is 0 Å². The molecule has 0 aromatic heterocycles. The van der Waals surface area contributed by atoms with Crippen LogP contribution in [0.1, 0.15) is 35.7 Å². The van der Waals surface area contributed by atoms with Crippen LogP contribution in [0.25, 0.3) is 0 Å². The van der Waals surface area contributed by atoms with Crippen LogP contribution in [0.3, 0.4) is 0 Å². The quantitative estimate of drug-likeness (QED) is 0.930. The minimum atomic E-state index is -1.11. The lowest BCUT2D eigenvalue weighted by molar-refractivity contribution is -0.141. The zero-order valence-electron chi connectivity index (χ0n) is 11.2. The van der Waals surface area contributed by atoms with Crippen LogP contribution in [0.2, 0.25) is 5.02 Å². The summed E-state index contributed by atoms with van der Waals surface area (Å²) in [6.07, 6.45) is 1.48. The van der Waals surface area contributed by atoms with E-state index in [-0.39, 0.29) is 16.6 Å². The molecule has 1 aliphatic carbocycles. The van der Waals surface area contributed by atoms with Gasteiger partial charge in [-0.15, -0.1) is 0 Å². The SMILES string of the molecule is Cc1ccc(C(=O)N(C2CC2)C(C)C(=O)O)c(F)c1Cl. The number of carbonyl (C=O) groups excluding carboxylic acids is 1. The third-order valence-electron chi connectivity index (χ3n) is 3.46. The normalized spacial score (nSPS) is 15.8. The molecule has 108 valence electrons. The average molecular weight is 300 g/mol. The molecule has 1 fully saturated rings. The lowest BCUT2D eigenvalue weighted by Gasteiger charge is -2.26. The Labute approximate surface area is 121 Å². The Morgan fingerprint density at radius 3 is 2.55 bits per heavy atom. The Balaban J connectivity index is 2.38. The smallest absolute Gasteiger partial charge is 0.326 e. The lowest BCUT2D eigenvalue weighted by Crippen LogP contribution is -2.45. The van der Waals surface area contributed by atoms with Crippen LogP contribution in [0, 0.1) is 12.7 Å². The molecular formula is C14H15ClFNO3. The van der Waals surface area contributed by atoms with Crippen LogP contribution in [0.15, 0.2) is 12.1 Å². The van der Waals surface area contributed by atoms with Crippen molar-refractivity contribution in [1.29, 1.82) is 0 Å². The van der Waals surface area contributed by atoms with E-state index in [9.17, 15) is 14.0 Å². The summed E-state index contributed by atoms with van der Waals surface area (Å²) in [5, 5.41) is 8.98. The first-order valence-electron chi connectivity index (χ1n) is 6.34. The Kier molecular flexibility index (Phi) is 3.99. The fraction of sp³-hybridized carbons (Fsp3) is 0.429. The lowest BCUT2D eigenvalue weighted by atomic mass is 10.1. The van der Waals surface area contributed by atoms with E-state index in [2.05, 4.69) is 0 Å². The molecular weight excluding hydrogens is 285 g/mol. The van der Waals surface area contributed by atoms with Gasteiger partial charge in [0.15, 0.2) is 5.82 Å². The second kappa shape index (κ2) is 5.40. The van der Waals surface area contributed by atoms with Gasteiger partial charge in [0, 0.05) is 6.04 Å². The van der Waals surface area contributed by atoms with E-state index >= 15 is 0 Å². The maximum atomic E-state index is 14.1. The summed E-state index contributed by atoms with van der Waals surface area (Å²) in [4.78, 5) is 24.8. The van der Waals surface area contributed by atoms with Crippen molar-refractivity contribution >= 4 is 23.5 Å². The van der Waals surface area contributed by atoms with Gasteiger partial charge in [-0.2, -0.15) is 0 Å². The van der Waals surface area contributed by atoms with E-state index in [0.29, 0.717) is 5.56 Å². The standard InChI is InChI=1S/C14H15ClFNO3/c1-7-3-6-10(12(16)11(7)15)13(18)17(9-4-5-9)8(2)14(19)20/h3,6,8-9H,4-5H2,1-2H3,(H,19,20). The highest BCUT2D eigenvalue weighted by molar-refractivity contribution is 6.31.